The highest BCUT2D eigenvalue weighted by molar-refractivity contribution is 5.62. The number of aromatic amines is 1. The zero-order valence-corrected chi connectivity index (χ0v) is 14.4. The molecule has 0 amide bonds. The summed E-state index contributed by atoms with van der Waals surface area (Å²) >= 11 is 0. The number of H-pyrrole nitrogens is 1. The molecule has 0 saturated carbocycles. The van der Waals surface area contributed by atoms with E-state index < -0.39 is 0 Å². The minimum atomic E-state index is 0.696. The number of nitrogens with one attached hydrogen (secondary N) is 1. The van der Waals surface area contributed by atoms with Crippen molar-refractivity contribution in [3.05, 3.63) is 53.8 Å². The predicted octanol–water partition coefficient (Wildman–Crippen LogP) is 2.09. The van der Waals surface area contributed by atoms with E-state index >= 15 is 0 Å². The van der Waals surface area contributed by atoms with Crippen molar-refractivity contribution in [2.24, 2.45) is 0 Å². The van der Waals surface area contributed by atoms with E-state index in [4.69, 9.17) is 4.52 Å². The Balaban J connectivity index is 1.34. The molecule has 1 aromatic carbocycles. The first-order valence-electron chi connectivity index (χ1n) is 8.59. The monoisotopic (exact) mass is 338 g/mol. The largest absolute Gasteiger partial charge is 0.338 e. The van der Waals surface area contributed by atoms with Gasteiger partial charge in [-0.1, -0.05) is 35.5 Å². The standard InChI is InChI=1S/C18H22N6O/c1-14-20-17(25-22-14)13-24-9-7-23(8-10-24)12-16-11-19-21-18(16)15-5-3-2-4-6-15/h2-6,11H,7-10,12-13H2,1H3,(H,19,21). The van der Waals surface area contributed by atoms with Crippen molar-refractivity contribution in [3.63, 3.8) is 0 Å². The van der Waals surface area contributed by atoms with Crippen molar-refractivity contribution < 1.29 is 4.52 Å². The molecule has 0 bridgehead atoms. The number of nitrogens with zero attached hydrogens (tertiary/aromatic N) is 5. The molecule has 3 aromatic rings. The van der Waals surface area contributed by atoms with E-state index in [2.05, 4.69) is 54.4 Å². The summed E-state index contributed by atoms with van der Waals surface area (Å²) in [5, 5.41) is 11.2. The predicted molar refractivity (Wildman–Crippen MR) is 93.6 cm³/mol. The van der Waals surface area contributed by atoms with Gasteiger partial charge in [0.05, 0.1) is 18.4 Å². The van der Waals surface area contributed by atoms with Gasteiger partial charge in [0.2, 0.25) is 5.89 Å². The van der Waals surface area contributed by atoms with Gasteiger partial charge in [-0.3, -0.25) is 14.9 Å². The number of piperazine rings is 1. The second-order valence-electron chi connectivity index (χ2n) is 6.42. The quantitative estimate of drug-likeness (QED) is 0.768. The summed E-state index contributed by atoms with van der Waals surface area (Å²) in [6, 6.07) is 10.4. The van der Waals surface area contributed by atoms with Crippen LogP contribution >= 0.6 is 0 Å². The van der Waals surface area contributed by atoms with Crippen molar-refractivity contribution >= 4 is 0 Å². The van der Waals surface area contributed by atoms with Crippen molar-refractivity contribution in [1.29, 1.82) is 0 Å². The number of aryl methyl sites for hydroxylation is 1. The lowest BCUT2D eigenvalue weighted by atomic mass is 10.1. The molecule has 7 heteroatoms. The van der Waals surface area contributed by atoms with Crippen molar-refractivity contribution in [3.8, 4) is 11.3 Å². The smallest absolute Gasteiger partial charge is 0.240 e. The van der Waals surface area contributed by atoms with E-state index in [-0.39, 0.29) is 0 Å². The van der Waals surface area contributed by atoms with Gasteiger partial charge in [0, 0.05) is 38.3 Å². The van der Waals surface area contributed by atoms with E-state index in [1.165, 1.54) is 11.1 Å². The minimum Gasteiger partial charge on any atom is -0.338 e. The summed E-state index contributed by atoms with van der Waals surface area (Å²) in [6.45, 7) is 7.53. The molecular formula is C18H22N6O. The Morgan fingerprint density at radius 1 is 1.04 bits per heavy atom. The lowest BCUT2D eigenvalue weighted by Gasteiger charge is -2.33. The fourth-order valence-electron chi connectivity index (χ4n) is 3.23. The summed E-state index contributed by atoms with van der Waals surface area (Å²) < 4.78 is 5.22. The van der Waals surface area contributed by atoms with Crippen LogP contribution in [-0.4, -0.2) is 56.3 Å². The molecule has 3 heterocycles. The molecule has 0 aliphatic carbocycles. The van der Waals surface area contributed by atoms with Crippen molar-refractivity contribution in [1.82, 2.24) is 30.1 Å². The molecule has 0 spiro atoms. The molecule has 1 aliphatic rings. The second kappa shape index (κ2) is 7.16. The molecule has 0 atom stereocenters. The number of hydrogen-bond donors (Lipinski definition) is 1. The molecule has 7 nitrogen and oxygen atoms in total. The Kier molecular flexibility index (Phi) is 4.58. The highest BCUT2D eigenvalue weighted by atomic mass is 16.5. The van der Waals surface area contributed by atoms with Gasteiger partial charge in [-0.2, -0.15) is 10.1 Å². The van der Waals surface area contributed by atoms with Crippen LogP contribution in [0.5, 0.6) is 0 Å². The third-order valence-electron chi connectivity index (χ3n) is 4.57. The number of hydrogen-bond acceptors (Lipinski definition) is 6. The van der Waals surface area contributed by atoms with Crippen LogP contribution in [0.3, 0.4) is 0 Å². The van der Waals surface area contributed by atoms with Gasteiger partial charge in [-0.05, 0) is 12.5 Å². The fourth-order valence-corrected chi connectivity index (χ4v) is 3.23. The second-order valence-corrected chi connectivity index (χ2v) is 6.42. The summed E-state index contributed by atoms with van der Waals surface area (Å²) in [4.78, 5) is 9.11. The Labute approximate surface area is 146 Å². The van der Waals surface area contributed by atoms with Crippen LogP contribution in [-0.2, 0) is 13.1 Å². The average molecular weight is 338 g/mol. The molecule has 4 rings (SSSR count). The van der Waals surface area contributed by atoms with Gasteiger partial charge in [0.25, 0.3) is 0 Å². The van der Waals surface area contributed by atoms with Crippen LogP contribution in [0, 0.1) is 6.92 Å². The molecule has 0 unspecified atom stereocenters. The summed E-state index contributed by atoms with van der Waals surface area (Å²) in [5.74, 6) is 1.40. The first-order chi connectivity index (χ1) is 12.3. The molecular weight excluding hydrogens is 316 g/mol. The van der Waals surface area contributed by atoms with E-state index in [1.807, 2.05) is 19.2 Å². The molecule has 1 N–H and O–H groups in total. The molecule has 130 valence electrons. The number of aromatic nitrogens is 4. The van der Waals surface area contributed by atoms with E-state index in [1.54, 1.807) is 0 Å². The van der Waals surface area contributed by atoms with Gasteiger partial charge in [0.15, 0.2) is 5.82 Å². The zero-order valence-electron chi connectivity index (χ0n) is 14.4. The number of benzene rings is 1. The molecule has 1 aliphatic heterocycles. The first-order valence-corrected chi connectivity index (χ1v) is 8.59. The Hall–Kier alpha value is -2.51. The Morgan fingerprint density at radius 3 is 2.44 bits per heavy atom. The van der Waals surface area contributed by atoms with Crippen molar-refractivity contribution in [2.45, 2.75) is 20.0 Å². The average Bonchev–Trinajstić information content (AvgIpc) is 3.26. The van der Waals surface area contributed by atoms with E-state index in [9.17, 15) is 0 Å². The maximum atomic E-state index is 5.22. The van der Waals surface area contributed by atoms with Crippen LogP contribution in [0.25, 0.3) is 11.3 Å². The van der Waals surface area contributed by atoms with Crippen LogP contribution in [0.1, 0.15) is 17.3 Å². The van der Waals surface area contributed by atoms with Crippen LogP contribution in [0.15, 0.2) is 41.1 Å². The highest BCUT2D eigenvalue weighted by Gasteiger charge is 2.20. The van der Waals surface area contributed by atoms with Gasteiger partial charge in [0.1, 0.15) is 0 Å². The molecule has 0 radical (unpaired) electrons. The maximum Gasteiger partial charge on any atom is 0.240 e. The number of rotatable bonds is 5. The normalized spacial score (nSPS) is 16.4. The van der Waals surface area contributed by atoms with E-state index in [0.29, 0.717) is 11.7 Å². The van der Waals surface area contributed by atoms with Gasteiger partial charge >= 0.3 is 0 Å². The third kappa shape index (κ3) is 3.78. The maximum absolute atomic E-state index is 5.22. The zero-order chi connectivity index (χ0) is 17.1. The fraction of sp³-hybridized carbons (Fsp3) is 0.389. The third-order valence-corrected chi connectivity index (χ3v) is 4.57. The van der Waals surface area contributed by atoms with Gasteiger partial charge < -0.3 is 4.52 Å². The molecule has 25 heavy (non-hydrogen) atoms. The first kappa shape index (κ1) is 16.0. The summed E-state index contributed by atoms with van der Waals surface area (Å²) in [6.07, 6.45) is 1.94. The molecule has 1 fully saturated rings. The van der Waals surface area contributed by atoms with Crippen LogP contribution < -0.4 is 0 Å². The Morgan fingerprint density at radius 2 is 1.76 bits per heavy atom. The summed E-state index contributed by atoms with van der Waals surface area (Å²) in [7, 11) is 0. The van der Waals surface area contributed by atoms with E-state index in [0.717, 1.165) is 45.0 Å². The summed E-state index contributed by atoms with van der Waals surface area (Å²) in [5.41, 5.74) is 3.54. The topological polar surface area (TPSA) is 74.1 Å². The van der Waals surface area contributed by atoms with Crippen LogP contribution in [0.4, 0.5) is 0 Å². The minimum absolute atomic E-state index is 0.696. The van der Waals surface area contributed by atoms with Gasteiger partial charge in [-0.15, -0.1) is 0 Å². The van der Waals surface area contributed by atoms with Crippen molar-refractivity contribution in [2.75, 3.05) is 26.2 Å². The lowest BCUT2D eigenvalue weighted by Crippen LogP contribution is -2.45. The SMILES string of the molecule is Cc1noc(CN2CCN(Cc3cn[nH]c3-c3ccccc3)CC2)n1. The molecule has 2 aromatic heterocycles. The molecule has 1 saturated heterocycles. The van der Waals surface area contributed by atoms with Gasteiger partial charge in [-0.25, -0.2) is 0 Å². The van der Waals surface area contributed by atoms with Crippen LogP contribution in [0.2, 0.25) is 0 Å². The lowest BCUT2D eigenvalue weighted by molar-refractivity contribution is 0.112. The highest BCUT2D eigenvalue weighted by Crippen LogP contribution is 2.22. The Bertz CT molecular complexity index is 804.